The molecular formula is C28H24N4O3S. The fourth-order valence-corrected chi connectivity index (χ4v) is 6.72. The maximum absolute atomic E-state index is 14.4. The average molecular weight is 497 g/mol. The molecule has 36 heavy (non-hydrogen) atoms. The molecule has 3 heterocycles. The van der Waals surface area contributed by atoms with E-state index in [2.05, 4.69) is 4.90 Å². The van der Waals surface area contributed by atoms with Crippen LogP contribution < -0.4 is 9.80 Å². The summed E-state index contributed by atoms with van der Waals surface area (Å²) in [6, 6.07) is 27.2. The van der Waals surface area contributed by atoms with Crippen molar-refractivity contribution in [3.05, 3.63) is 102 Å². The van der Waals surface area contributed by atoms with Gasteiger partial charge in [0.05, 0.1) is 11.4 Å². The van der Waals surface area contributed by atoms with Crippen LogP contribution in [0.1, 0.15) is 12.5 Å². The second kappa shape index (κ2) is 8.57. The number of Topliss-reactive ketones (excluding diaryl/α,β-unsaturated/α-hetero) is 1. The summed E-state index contributed by atoms with van der Waals surface area (Å²) < 4.78 is 0. The molecule has 3 aromatic carbocycles. The minimum atomic E-state index is -1.32. The number of anilines is 2. The summed E-state index contributed by atoms with van der Waals surface area (Å²) in [6.45, 7) is 2.38. The molecule has 0 aromatic heterocycles. The van der Waals surface area contributed by atoms with Crippen molar-refractivity contribution in [2.45, 2.75) is 18.0 Å². The van der Waals surface area contributed by atoms with E-state index in [4.69, 9.17) is 0 Å². The summed E-state index contributed by atoms with van der Waals surface area (Å²) in [7, 11) is 0. The normalized spacial score (nSPS) is 23.4. The minimum absolute atomic E-state index is 0.102. The van der Waals surface area contributed by atoms with E-state index in [-0.39, 0.29) is 5.78 Å². The van der Waals surface area contributed by atoms with Crippen LogP contribution in [0.15, 0.2) is 96.4 Å². The lowest BCUT2D eigenvalue weighted by Crippen LogP contribution is -2.80. The second-order valence-electron chi connectivity index (χ2n) is 8.89. The second-order valence-corrected chi connectivity index (χ2v) is 9.87. The highest BCUT2D eigenvalue weighted by Gasteiger charge is 2.68. The van der Waals surface area contributed by atoms with Crippen LogP contribution in [0.4, 0.5) is 21.0 Å². The van der Waals surface area contributed by atoms with Gasteiger partial charge in [-0.3, -0.25) is 9.69 Å². The maximum Gasteiger partial charge on any atom is 0.340 e. The van der Waals surface area contributed by atoms with E-state index < -0.39 is 23.1 Å². The Labute approximate surface area is 213 Å². The zero-order valence-corrected chi connectivity index (χ0v) is 20.5. The van der Waals surface area contributed by atoms with Gasteiger partial charge < -0.3 is 4.90 Å². The molecule has 3 aliphatic rings. The van der Waals surface area contributed by atoms with E-state index in [0.29, 0.717) is 24.5 Å². The molecule has 6 rings (SSSR count). The van der Waals surface area contributed by atoms with Gasteiger partial charge in [0.1, 0.15) is 11.0 Å². The summed E-state index contributed by atoms with van der Waals surface area (Å²) in [5.74, 6) is -1.42. The van der Waals surface area contributed by atoms with Crippen LogP contribution in [0.2, 0.25) is 0 Å². The van der Waals surface area contributed by atoms with Crippen molar-refractivity contribution in [2.24, 2.45) is 0 Å². The van der Waals surface area contributed by atoms with Gasteiger partial charge in [-0.25, -0.2) is 19.4 Å². The van der Waals surface area contributed by atoms with Gasteiger partial charge in [-0.15, -0.1) is 11.8 Å². The van der Waals surface area contributed by atoms with Gasteiger partial charge in [-0.05, 0) is 42.2 Å². The third kappa shape index (κ3) is 3.10. The lowest BCUT2D eigenvalue weighted by molar-refractivity contribution is -0.119. The Morgan fingerprint density at radius 1 is 0.778 bits per heavy atom. The predicted molar refractivity (Wildman–Crippen MR) is 141 cm³/mol. The van der Waals surface area contributed by atoms with Crippen LogP contribution in [0.3, 0.4) is 0 Å². The third-order valence-corrected chi connectivity index (χ3v) is 8.18. The van der Waals surface area contributed by atoms with Crippen molar-refractivity contribution < 1.29 is 14.4 Å². The van der Waals surface area contributed by atoms with Crippen LogP contribution in [0, 0.1) is 0 Å². The van der Waals surface area contributed by atoms with Crippen molar-refractivity contribution in [2.75, 3.05) is 22.9 Å². The number of hydrogen-bond acceptors (Lipinski definition) is 5. The van der Waals surface area contributed by atoms with E-state index >= 15 is 0 Å². The van der Waals surface area contributed by atoms with Gasteiger partial charge >= 0.3 is 12.1 Å². The highest BCUT2D eigenvalue weighted by molar-refractivity contribution is 8.03. The van der Waals surface area contributed by atoms with Gasteiger partial charge in [-0.2, -0.15) is 0 Å². The molecule has 7 nitrogen and oxygen atoms in total. The number of thioether (sulfide) groups is 1. The summed E-state index contributed by atoms with van der Waals surface area (Å²) in [5.41, 5.74) is 2.96. The smallest absolute Gasteiger partial charge is 0.327 e. The van der Waals surface area contributed by atoms with E-state index in [9.17, 15) is 14.4 Å². The van der Waals surface area contributed by atoms with Crippen LogP contribution in [0.5, 0.6) is 0 Å². The number of urea groups is 2. The summed E-state index contributed by atoms with van der Waals surface area (Å²) >= 11 is 1.37. The van der Waals surface area contributed by atoms with E-state index in [0.717, 1.165) is 11.3 Å². The van der Waals surface area contributed by atoms with Gasteiger partial charge in [0.15, 0.2) is 0 Å². The van der Waals surface area contributed by atoms with E-state index in [1.165, 1.54) is 23.6 Å². The predicted octanol–water partition coefficient (Wildman–Crippen LogP) is 5.23. The first-order valence-electron chi connectivity index (χ1n) is 11.8. The number of benzene rings is 3. The zero-order chi connectivity index (χ0) is 24.9. The van der Waals surface area contributed by atoms with Crippen LogP contribution in [0.25, 0.3) is 5.70 Å². The van der Waals surface area contributed by atoms with Crippen molar-refractivity contribution in [1.82, 2.24) is 9.80 Å². The summed E-state index contributed by atoms with van der Waals surface area (Å²) in [6.07, 6.45) is 0. The Bertz CT molecular complexity index is 1370. The number of rotatable bonds is 4. The molecule has 0 aliphatic carbocycles. The molecule has 8 heteroatoms. The van der Waals surface area contributed by atoms with Gasteiger partial charge in [-0.1, -0.05) is 66.7 Å². The minimum Gasteiger partial charge on any atom is -0.327 e. The third-order valence-electron chi connectivity index (χ3n) is 6.90. The molecule has 180 valence electrons. The molecule has 0 N–H and O–H groups in total. The van der Waals surface area contributed by atoms with Gasteiger partial charge in [0.2, 0.25) is 5.79 Å². The maximum atomic E-state index is 14.4. The van der Waals surface area contributed by atoms with Crippen LogP contribution >= 0.6 is 11.8 Å². The zero-order valence-electron chi connectivity index (χ0n) is 19.7. The Morgan fingerprint density at radius 2 is 1.33 bits per heavy atom. The largest absolute Gasteiger partial charge is 0.340 e. The Hall–Kier alpha value is -4.04. The van der Waals surface area contributed by atoms with E-state index in [1.807, 2.05) is 72.1 Å². The molecule has 2 atom stereocenters. The Morgan fingerprint density at radius 3 is 1.94 bits per heavy atom. The highest BCUT2D eigenvalue weighted by Crippen LogP contribution is 2.52. The molecule has 3 aromatic rings. The standard InChI is InChI=1S/C28H24N4O3S/c1-20(33)25-28-29(24(19-36-25)21-11-5-2-6-12-21)17-18-30(28)26(34)31(22-13-7-3-8-14-22)27(35)32(28)23-15-9-4-10-16-23/h2-16,19,25H,17-18H2,1H3/t25-,28+/m0/s1. The van der Waals surface area contributed by atoms with E-state index in [1.54, 1.807) is 34.1 Å². The fourth-order valence-electron chi connectivity index (χ4n) is 5.46. The number of imide groups is 1. The molecule has 1 spiro atoms. The number of hydrogen-bond donors (Lipinski definition) is 0. The lowest BCUT2D eigenvalue weighted by atomic mass is 10.0. The lowest BCUT2D eigenvalue weighted by Gasteiger charge is -2.59. The number of ketones is 1. The van der Waals surface area contributed by atoms with Crippen molar-refractivity contribution >= 4 is 46.7 Å². The Kier molecular flexibility index (Phi) is 5.34. The molecule has 0 unspecified atom stereocenters. The SMILES string of the molecule is CC(=O)[C@@H]1SC=C(c2ccccc2)N2CCN3C(=O)N(c4ccccc4)C(=O)N(c4ccccc4)[C@@]132. The number of carbonyl (C=O) groups is 3. The van der Waals surface area contributed by atoms with Crippen molar-refractivity contribution in [3.63, 3.8) is 0 Å². The summed E-state index contributed by atoms with van der Waals surface area (Å²) in [4.78, 5) is 48.3. The molecule has 0 bridgehead atoms. The molecule has 2 fully saturated rings. The van der Waals surface area contributed by atoms with Gasteiger partial charge in [0, 0.05) is 18.8 Å². The number of nitrogens with zero attached hydrogens (tertiary/aromatic N) is 4. The average Bonchev–Trinajstić information content (AvgIpc) is 3.31. The quantitative estimate of drug-likeness (QED) is 0.495. The molecule has 0 radical (unpaired) electrons. The van der Waals surface area contributed by atoms with Crippen molar-refractivity contribution in [3.8, 4) is 0 Å². The number of para-hydroxylation sites is 2. The van der Waals surface area contributed by atoms with Crippen molar-refractivity contribution in [1.29, 1.82) is 0 Å². The molecular weight excluding hydrogens is 472 g/mol. The monoisotopic (exact) mass is 496 g/mol. The van der Waals surface area contributed by atoms with Gasteiger partial charge in [0.25, 0.3) is 0 Å². The highest BCUT2D eigenvalue weighted by atomic mass is 32.2. The van der Waals surface area contributed by atoms with Crippen LogP contribution in [-0.4, -0.2) is 51.8 Å². The molecule has 4 amide bonds. The number of amides is 4. The Balaban J connectivity index is 1.61. The van der Waals surface area contributed by atoms with Crippen LogP contribution in [-0.2, 0) is 4.79 Å². The molecule has 2 saturated heterocycles. The first-order valence-corrected chi connectivity index (χ1v) is 12.7. The molecule has 0 saturated carbocycles. The first-order chi connectivity index (χ1) is 17.5. The summed E-state index contributed by atoms with van der Waals surface area (Å²) in [5, 5.41) is 1.29. The molecule has 3 aliphatic heterocycles. The fraction of sp³-hybridized carbons (Fsp3) is 0.179. The topological polar surface area (TPSA) is 64.2 Å². The first kappa shape index (κ1) is 22.4. The number of carbonyl (C=O) groups excluding carboxylic acids is 3.